The summed E-state index contributed by atoms with van der Waals surface area (Å²) in [5, 5.41) is 20.8. The summed E-state index contributed by atoms with van der Waals surface area (Å²) in [6.07, 6.45) is 0. The van der Waals surface area contributed by atoms with Gasteiger partial charge < -0.3 is 19.8 Å². The lowest BCUT2D eigenvalue weighted by Gasteiger charge is -2.31. The van der Waals surface area contributed by atoms with E-state index in [1.807, 2.05) is 126 Å². The molecule has 5 aromatic rings. The van der Waals surface area contributed by atoms with Crippen molar-refractivity contribution in [2.75, 3.05) is 9.80 Å². The minimum absolute atomic E-state index is 0.380. The number of halogens is 1. The number of para-hydroxylation sites is 4. The highest BCUT2D eigenvalue weighted by atomic mass is 35.5. The second-order valence-electron chi connectivity index (χ2n) is 8.22. The predicted molar refractivity (Wildman–Crippen MR) is 151 cm³/mol. The molecule has 0 atom stereocenters. The Kier molecular flexibility index (Phi) is 7.05. The van der Waals surface area contributed by atoms with Gasteiger partial charge in [0.15, 0.2) is 0 Å². The lowest BCUT2D eigenvalue weighted by molar-refractivity contribution is 0.426. The average Bonchev–Trinajstić information content (AvgIpc) is 2.93. The van der Waals surface area contributed by atoms with E-state index in [0.29, 0.717) is 21.9 Å². The molecular weight excluding hydrogens is 467 g/mol. The van der Waals surface area contributed by atoms with Gasteiger partial charge in [0.25, 0.3) is 0 Å². The van der Waals surface area contributed by atoms with E-state index in [1.54, 1.807) is 12.1 Å². The van der Waals surface area contributed by atoms with Crippen molar-refractivity contribution in [3.05, 3.63) is 138 Å². The topological polar surface area (TPSA) is 46.9 Å². The summed E-state index contributed by atoms with van der Waals surface area (Å²) in [6.45, 7) is 0. The number of nitrogens with zero attached hydrogens (tertiary/aromatic N) is 2. The fraction of sp³-hybridized carbons (Fsp3) is 0. The van der Waals surface area contributed by atoms with Crippen LogP contribution < -0.4 is 15.3 Å². The first-order valence-electron chi connectivity index (χ1n) is 11.6. The molecule has 36 heavy (non-hydrogen) atoms. The van der Waals surface area contributed by atoms with E-state index >= 15 is 0 Å². The maximum absolute atomic E-state index is 10.1. The highest BCUT2D eigenvalue weighted by Crippen LogP contribution is 2.46. The molecule has 0 aromatic heterocycles. The van der Waals surface area contributed by atoms with Crippen molar-refractivity contribution in [1.29, 1.82) is 0 Å². The van der Waals surface area contributed by atoms with Crippen molar-refractivity contribution in [2.45, 2.75) is 0 Å². The van der Waals surface area contributed by atoms with Crippen LogP contribution in [0, 0.1) is 0 Å². The minimum atomic E-state index is -1.64. The normalized spacial score (nSPS) is 10.6. The smallest absolute Gasteiger partial charge is 0.423 e. The summed E-state index contributed by atoms with van der Waals surface area (Å²) < 4.78 is 0. The number of benzene rings is 5. The summed E-state index contributed by atoms with van der Waals surface area (Å²) in [7, 11) is -1.64. The van der Waals surface area contributed by atoms with Crippen molar-refractivity contribution in [1.82, 2.24) is 0 Å². The van der Waals surface area contributed by atoms with E-state index in [2.05, 4.69) is 4.90 Å². The first kappa shape index (κ1) is 23.7. The molecule has 0 fully saturated rings. The van der Waals surface area contributed by atoms with Crippen LogP contribution in [0.5, 0.6) is 0 Å². The van der Waals surface area contributed by atoms with Gasteiger partial charge in [-0.25, -0.2) is 0 Å². The zero-order valence-corrected chi connectivity index (χ0v) is 20.2. The monoisotopic (exact) mass is 490 g/mol. The van der Waals surface area contributed by atoms with Crippen LogP contribution in [-0.2, 0) is 0 Å². The van der Waals surface area contributed by atoms with Crippen LogP contribution in [0.15, 0.2) is 133 Å². The Morgan fingerprint density at radius 1 is 0.444 bits per heavy atom. The van der Waals surface area contributed by atoms with Crippen LogP contribution >= 0.6 is 11.6 Å². The lowest BCUT2D eigenvalue weighted by Crippen LogP contribution is -2.34. The fourth-order valence-electron chi connectivity index (χ4n) is 4.33. The molecular formula is C30H24BClN2O2. The van der Waals surface area contributed by atoms with Gasteiger partial charge in [0.2, 0.25) is 0 Å². The maximum Gasteiger partial charge on any atom is 0.490 e. The predicted octanol–water partition coefficient (Wildman–Crippen LogP) is 6.96. The number of hydrogen-bond acceptors (Lipinski definition) is 4. The molecule has 6 heteroatoms. The molecule has 0 aliphatic carbocycles. The van der Waals surface area contributed by atoms with E-state index in [1.165, 1.54) is 0 Å². The van der Waals surface area contributed by atoms with E-state index in [0.717, 1.165) is 22.7 Å². The third-order valence-corrected chi connectivity index (χ3v) is 6.33. The zero-order chi connectivity index (χ0) is 24.9. The van der Waals surface area contributed by atoms with Gasteiger partial charge in [0, 0.05) is 28.2 Å². The highest BCUT2D eigenvalue weighted by molar-refractivity contribution is 6.60. The second kappa shape index (κ2) is 10.7. The number of rotatable bonds is 7. The van der Waals surface area contributed by atoms with Crippen LogP contribution in [0.25, 0.3) is 0 Å². The van der Waals surface area contributed by atoms with Crippen molar-refractivity contribution >= 4 is 58.3 Å². The second-order valence-corrected chi connectivity index (χ2v) is 8.60. The van der Waals surface area contributed by atoms with Gasteiger partial charge in [-0.3, -0.25) is 0 Å². The molecule has 0 amide bonds. The number of hydrogen-bond donors (Lipinski definition) is 2. The van der Waals surface area contributed by atoms with Gasteiger partial charge in [0.1, 0.15) is 0 Å². The standard InChI is InChI=1S/C30H24BClN2O2/c32-30-28(33(23-13-4-1-5-14-23)24-15-6-2-7-16-24)21-12-22-29(30)34(25-17-8-3-9-18-25)27-20-11-10-19-26(27)31(35)36/h1-22,35-36H. The van der Waals surface area contributed by atoms with Gasteiger partial charge in [0.05, 0.1) is 16.4 Å². The van der Waals surface area contributed by atoms with Crippen LogP contribution in [0.4, 0.5) is 34.1 Å². The van der Waals surface area contributed by atoms with Crippen molar-refractivity contribution in [3.8, 4) is 0 Å². The van der Waals surface area contributed by atoms with Gasteiger partial charge in [-0.05, 0) is 54.6 Å². The molecule has 5 rings (SSSR count). The van der Waals surface area contributed by atoms with E-state index < -0.39 is 7.12 Å². The fourth-order valence-corrected chi connectivity index (χ4v) is 4.62. The maximum atomic E-state index is 10.1. The molecule has 0 heterocycles. The first-order chi connectivity index (χ1) is 17.6. The van der Waals surface area contributed by atoms with Gasteiger partial charge in [-0.15, -0.1) is 0 Å². The summed E-state index contributed by atoms with van der Waals surface area (Å²) in [5.41, 5.74) is 5.31. The van der Waals surface area contributed by atoms with Crippen LogP contribution in [0.3, 0.4) is 0 Å². The quantitative estimate of drug-likeness (QED) is 0.242. The van der Waals surface area contributed by atoms with Crippen molar-refractivity contribution < 1.29 is 10.0 Å². The summed E-state index contributed by atoms with van der Waals surface area (Å²) in [4.78, 5) is 4.07. The van der Waals surface area contributed by atoms with Crippen molar-refractivity contribution in [2.24, 2.45) is 0 Å². The molecule has 5 aromatic carbocycles. The van der Waals surface area contributed by atoms with Gasteiger partial charge in [-0.2, -0.15) is 0 Å². The molecule has 0 bridgehead atoms. The number of anilines is 6. The zero-order valence-electron chi connectivity index (χ0n) is 19.4. The highest BCUT2D eigenvalue weighted by Gasteiger charge is 2.25. The molecule has 0 saturated carbocycles. The van der Waals surface area contributed by atoms with Crippen molar-refractivity contribution in [3.63, 3.8) is 0 Å². The molecule has 0 saturated heterocycles. The third kappa shape index (κ3) is 4.73. The molecule has 2 N–H and O–H groups in total. The first-order valence-corrected chi connectivity index (χ1v) is 12.0. The molecule has 0 radical (unpaired) electrons. The Morgan fingerprint density at radius 2 is 0.833 bits per heavy atom. The van der Waals surface area contributed by atoms with Gasteiger partial charge in [-0.1, -0.05) is 90.5 Å². The summed E-state index contributed by atoms with van der Waals surface area (Å²) in [5.74, 6) is 0. The molecule has 0 aliphatic rings. The van der Waals surface area contributed by atoms with E-state index in [9.17, 15) is 10.0 Å². The summed E-state index contributed by atoms with van der Waals surface area (Å²) >= 11 is 7.22. The third-order valence-electron chi connectivity index (χ3n) is 5.94. The molecule has 176 valence electrons. The molecule has 4 nitrogen and oxygen atoms in total. The Labute approximate surface area is 216 Å². The Bertz CT molecular complexity index is 1390. The van der Waals surface area contributed by atoms with Crippen LogP contribution in [-0.4, -0.2) is 17.2 Å². The Balaban J connectivity index is 1.74. The Hall–Kier alpha value is -4.03. The van der Waals surface area contributed by atoms with E-state index in [4.69, 9.17) is 11.6 Å². The lowest BCUT2D eigenvalue weighted by atomic mass is 9.78. The molecule has 0 aliphatic heterocycles. The molecule has 0 unspecified atom stereocenters. The Morgan fingerprint density at radius 3 is 1.33 bits per heavy atom. The average molecular weight is 491 g/mol. The van der Waals surface area contributed by atoms with E-state index in [-0.39, 0.29) is 0 Å². The summed E-state index contributed by atoms with van der Waals surface area (Å²) in [6, 6.07) is 43.0. The largest absolute Gasteiger partial charge is 0.490 e. The minimum Gasteiger partial charge on any atom is -0.423 e. The van der Waals surface area contributed by atoms with Crippen LogP contribution in [0.2, 0.25) is 5.02 Å². The van der Waals surface area contributed by atoms with Gasteiger partial charge >= 0.3 is 7.12 Å². The van der Waals surface area contributed by atoms with Crippen LogP contribution in [0.1, 0.15) is 0 Å². The SMILES string of the molecule is OB(O)c1ccccc1N(c1ccccc1)c1cccc(N(c2ccccc2)c2ccccc2)c1Cl. The molecule has 0 spiro atoms.